The quantitative estimate of drug-likeness (QED) is 0.561. The minimum atomic E-state index is -0.118. The number of imide groups is 1. The van der Waals surface area contributed by atoms with Crippen LogP contribution in [0.5, 0.6) is 0 Å². The second-order valence-electron chi connectivity index (χ2n) is 3.85. The molecular weight excluding hydrogens is 168 g/mol. The second kappa shape index (κ2) is 2.80. The smallest absolute Gasteiger partial charge is 0.233 e. The lowest BCUT2D eigenvalue weighted by Crippen LogP contribution is -2.39. The molecule has 0 aromatic rings. The summed E-state index contributed by atoms with van der Waals surface area (Å²) >= 11 is 0. The third kappa shape index (κ3) is 1.09. The lowest BCUT2D eigenvalue weighted by molar-refractivity contribution is -0.143. The minimum absolute atomic E-state index is 0.0188. The van der Waals surface area contributed by atoms with Crippen LogP contribution < -0.4 is 5.32 Å². The van der Waals surface area contributed by atoms with Crippen LogP contribution in [0, 0.1) is 5.92 Å². The van der Waals surface area contributed by atoms with E-state index < -0.39 is 0 Å². The highest BCUT2D eigenvalue weighted by atomic mass is 16.2. The van der Waals surface area contributed by atoms with Gasteiger partial charge < -0.3 is 5.32 Å². The predicted molar refractivity (Wildman–Crippen MR) is 46.9 cm³/mol. The fraction of sp³-hybridized carbons (Fsp3) is 0.778. The summed E-state index contributed by atoms with van der Waals surface area (Å²) in [6.07, 6.45) is 0.903. The molecule has 0 radical (unpaired) electrons. The summed E-state index contributed by atoms with van der Waals surface area (Å²) in [5.74, 6) is -0.181. The van der Waals surface area contributed by atoms with Crippen LogP contribution in [0.1, 0.15) is 20.3 Å². The van der Waals surface area contributed by atoms with E-state index in [0.29, 0.717) is 0 Å². The van der Waals surface area contributed by atoms with Crippen molar-refractivity contribution in [1.29, 1.82) is 0 Å². The molecule has 0 spiro atoms. The zero-order valence-electron chi connectivity index (χ0n) is 7.91. The normalized spacial score (nSPS) is 38.2. The van der Waals surface area contributed by atoms with Crippen molar-refractivity contribution < 1.29 is 9.59 Å². The number of carbonyl (C=O) groups is 2. The first kappa shape index (κ1) is 8.69. The Hall–Kier alpha value is -0.900. The number of nitrogens with zero attached hydrogens (tertiary/aromatic N) is 1. The van der Waals surface area contributed by atoms with Crippen LogP contribution in [0.25, 0.3) is 0 Å². The van der Waals surface area contributed by atoms with Gasteiger partial charge in [-0.05, 0) is 13.0 Å². The van der Waals surface area contributed by atoms with Gasteiger partial charge in [-0.3, -0.25) is 14.5 Å². The molecule has 1 N–H and O–H groups in total. The zero-order chi connectivity index (χ0) is 9.59. The number of hydrogen-bond acceptors (Lipinski definition) is 3. The van der Waals surface area contributed by atoms with Crippen LogP contribution in [0.2, 0.25) is 0 Å². The van der Waals surface area contributed by atoms with Gasteiger partial charge in [0.2, 0.25) is 11.8 Å². The summed E-state index contributed by atoms with van der Waals surface area (Å²) < 4.78 is 0. The summed E-state index contributed by atoms with van der Waals surface area (Å²) in [4.78, 5) is 24.3. The maximum atomic E-state index is 11.6. The van der Waals surface area contributed by atoms with Gasteiger partial charge in [0.25, 0.3) is 0 Å². The number of nitrogens with one attached hydrogen (secondary N) is 1. The van der Waals surface area contributed by atoms with Crippen molar-refractivity contribution in [3.05, 3.63) is 0 Å². The van der Waals surface area contributed by atoms with E-state index in [-0.39, 0.29) is 29.8 Å². The van der Waals surface area contributed by atoms with Gasteiger partial charge in [0.05, 0.1) is 12.0 Å². The van der Waals surface area contributed by atoms with Crippen LogP contribution in [0.4, 0.5) is 0 Å². The molecule has 0 bridgehead atoms. The van der Waals surface area contributed by atoms with Crippen LogP contribution in [0.15, 0.2) is 0 Å². The fourth-order valence-corrected chi connectivity index (χ4v) is 2.44. The predicted octanol–water partition coefficient (Wildman–Crippen LogP) is -0.258. The monoisotopic (exact) mass is 182 g/mol. The number of rotatable bonds is 0. The van der Waals surface area contributed by atoms with Crippen LogP contribution in [-0.4, -0.2) is 35.3 Å². The summed E-state index contributed by atoms with van der Waals surface area (Å²) in [7, 11) is 0. The van der Waals surface area contributed by atoms with E-state index >= 15 is 0 Å². The molecule has 0 aliphatic carbocycles. The maximum Gasteiger partial charge on any atom is 0.233 e. The van der Waals surface area contributed by atoms with Gasteiger partial charge in [-0.15, -0.1) is 0 Å². The number of hydrogen-bond donors (Lipinski definition) is 1. The molecule has 0 aromatic heterocycles. The summed E-state index contributed by atoms with van der Waals surface area (Å²) in [6, 6.07) is 0.302. The van der Waals surface area contributed by atoms with Crippen molar-refractivity contribution in [2.24, 2.45) is 5.92 Å². The summed E-state index contributed by atoms with van der Waals surface area (Å²) in [5, 5.41) is 3.27. The molecule has 3 atom stereocenters. The molecule has 2 aliphatic rings. The SMILES string of the molecule is CC(=O)N1C(=O)[C@@H](C)[C@H]2NCC[C@@H]21. The van der Waals surface area contributed by atoms with Crippen molar-refractivity contribution in [3.8, 4) is 0 Å². The summed E-state index contributed by atoms with van der Waals surface area (Å²) in [5.41, 5.74) is 0. The van der Waals surface area contributed by atoms with Crippen molar-refractivity contribution >= 4 is 11.8 Å². The number of likely N-dealkylation sites (tertiary alicyclic amines) is 1. The van der Waals surface area contributed by atoms with Crippen molar-refractivity contribution in [1.82, 2.24) is 10.2 Å². The van der Waals surface area contributed by atoms with Gasteiger partial charge in [0.1, 0.15) is 0 Å². The van der Waals surface area contributed by atoms with E-state index in [9.17, 15) is 9.59 Å². The minimum Gasteiger partial charge on any atom is -0.311 e. The average Bonchev–Trinajstić information content (AvgIpc) is 2.57. The Kier molecular flexibility index (Phi) is 1.87. The highest BCUT2D eigenvalue weighted by molar-refractivity contribution is 5.98. The van der Waals surface area contributed by atoms with E-state index in [1.165, 1.54) is 11.8 Å². The highest BCUT2D eigenvalue weighted by Gasteiger charge is 2.49. The number of fused-ring (bicyclic) bond motifs is 1. The molecule has 0 aromatic carbocycles. The number of amides is 2. The third-order valence-electron chi connectivity index (χ3n) is 3.07. The molecule has 2 amide bonds. The Morgan fingerprint density at radius 3 is 2.92 bits per heavy atom. The summed E-state index contributed by atoms with van der Waals surface area (Å²) in [6.45, 7) is 4.27. The average molecular weight is 182 g/mol. The van der Waals surface area contributed by atoms with Crippen molar-refractivity contribution in [2.75, 3.05) is 6.54 Å². The molecule has 72 valence electrons. The molecule has 0 saturated carbocycles. The molecule has 4 nitrogen and oxygen atoms in total. The molecule has 2 rings (SSSR count). The van der Waals surface area contributed by atoms with Gasteiger partial charge in [-0.1, -0.05) is 6.92 Å². The zero-order valence-corrected chi connectivity index (χ0v) is 7.91. The third-order valence-corrected chi connectivity index (χ3v) is 3.07. The molecule has 2 saturated heterocycles. The largest absolute Gasteiger partial charge is 0.311 e. The fourth-order valence-electron chi connectivity index (χ4n) is 2.44. The molecule has 2 fully saturated rings. The van der Waals surface area contributed by atoms with E-state index in [1.54, 1.807) is 0 Å². The van der Waals surface area contributed by atoms with E-state index in [1.807, 2.05) is 6.92 Å². The second-order valence-corrected chi connectivity index (χ2v) is 3.85. The molecule has 2 aliphatic heterocycles. The van der Waals surface area contributed by atoms with Gasteiger partial charge >= 0.3 is 0 Å². The standard InChI is InChI=1S/C9H14N2O2/c1-5-8-7(3-4-10-8)11(6(2)12)9(5)13/h5,7-8,10H,3-4H2,1-2H3/t5-,7-,8+/m0/s1. The van der Waals surface area contributed by atoms with E-state index in [2.05, 4.69) is 5.32 Å². The molecule has 2 heterocycles. The van der Waals surface area contributed by atoms with Crippen molar-refractivity contribution in [2.45, 2.75) is 32.4 Å². The Balaban J connectivity index is 2.28. The Bertz CT molecular complexity index is 264. The first-order valence-corrected chi connectivity index (χ1v) is 4.70. The van der Waals surface area contributed by atoms with Gasteiger partial charge in [-0.2, -0.15) is 0 Å². The molecule has 0 unspecified atom stereocenters. The number of carbonyl (C=O) groups excluding carboxylic acids is 2. The van der Waals surface area contributed by atoms with E-state index in [4.69, 9.17) is 0 Å². The van der Waals surface area contributed by atoms with Gasteiger partial charge in [0.15, 0.2) is 0 Å². The van der Waals surface area contributed by atoms with Crippen LogP contribution >= 0.6 is 0 Å². The Morgan fingerprint density at radius 2 is 2.31 bits per heavy atom. The topological polar surface area (TPSA) is 49.4 Å². The van der Waals surface area contributed by atoms with Crippen LogP contribution in [0.3, 0.4) is 0 Å². The van der Waals surface area contributed by atoms with Gasteiger partial charge in [-0.25, -0.2) is 0 Å². The van der Waals surface area contributed by atoms with Crippen molar-refractivity contribution in [3.63, 3.8) is 0 Å². The van der Waals surface area contributed by atoms with E-state index in [0.717, 1.165) is 13.0 Å². The Morgan fingerprint density at radius 1 is 1.62 bits per heavy atom. The highest BCUT2D eigenvalue weighted by Crippen LogP contribution is 2.30. The lowest BCUT2D eigenvalue weighted by atomic mass is 10.0. The lowest BCUT2D eigenvalue weighted by Gasteiger charge is -2.18. The molecular formula is C9H14N2O2. The molecule has 13 heavy (non-hydrogen) atoms. The first-order chi connectivity index (χ1) is 6.13. The maximum absolute atomic E-state index is 11.6. The first-order valence-electron chi connectivity index (χ1n) is 4.70. The van der Waals surface area contributed by atoms with Gasteiger partial charge in [0, 0.05) is 13.0 Å². The van der Waals surface area contributed by atoms with Crippen LogP contribution in [-0.2, 0) is 9.59 Å². The molecule has 4 heteroatoms. The Labute approximate surface area is 77.3 Å².